The smallest absolute Gasteiger partial charge is 0.360 e. The zero-order valence-electron chi connectivity index (χ0n) is 16.0. The number of hydrogen-bond acceptors (Lipinski definition) is 4. The van der Waals surface area contributed by atoms with Crippen molar-refractivity contribution in [3.05, 3.63) is 47.3 Å². The van der Waals surface area contributed by atoms with Gasteiger partial charge in [-0.25, -0.2) is 4.79 Å². The van der Waals surface area contributed by atoms with E-state index >= 15 is 0 Å². The van der Waals surface area contributed by atoms with Crippen LogP contribution in [0.1, 0.15) is 44.0 Å². The number of methoxy groups -OCH3 is 1. The minimum absolute atomic E-state index is 0.0486. The van der Waals surface area contributed by atoms with E-state index in [1.54, 1.807) is 0 Å². The first-order valence-electron chi connectivity index (χ1n) is 9.90. The molecule has 6 rings (SSSR count). The number of esters is 1. The molecule has 140 valence electrons. The number of ether oxygens (including phenoxy) is 2. The molecule has 1 fully saturated rings. The largest absolute Gasteiger partial charge is 0.465 e. The minimum Gasteiger partial charge on any atom is -0.465 e. The molecule has 5 nitrogen and oxygen atoms in total. The molecule has 4 aliphatic rings. The fourth-order valence-corrected chi connectivity index (χ4v) is 6.55. The van der Waals surface area contributed by atoms with Crippen LogP contribution in [0.3, 0.4) is 0 Å². The third kappa shape index (κ3) is 1.52. The molecule has 0 amide bonds. The van der Waals surface area contributed by atoms with Gasteiger partial charge in [-0.1, -0.05) is 25.1 Å². The number of aromatic nitrogens is 1. The van der Waals surface area contributed by atoms with E-state index in [-0.39, 0.29) is 23.5 Å². The molecule has 27 heavy (non-hydrogen) atoms. The molecule has 5 heterocycles. The van der Waals surface area contributed by atoms with E-state index in [4.69, 9.17) is 9.47 Å². The fourth-order valence-electron chi connectivity index (χ4n) is 6.55. The minimum atomic E-state index is -1.07. The molecule has 0 spiro atoms. The van der Waals surface area contributed by atoms with Crippen molar-refractivity contribution < 1.29 is 14.3 Å². The number of nitrogens with zero attached hydrogens (tertiary/aromatic N) is 2. The Hall–Kier alpha value is -2.27. The Morgan fingerprint density at radius 2 is 2.19 bits per heavy atom. The second-order valence-corrected chi connectivity index (χ2v) is 8.52. The quantitative estimate of drug-likeness (QED) is 0.765. The van der Waals surface area contributed by atoms with Crippen LogP contribution in [0.2, 0.25) is 0 Å². The van der Waals surface area contributed by atoms with E-state index in [0.29, 0.717) is 6.42 Å². The van der Waals surface area contributed by atoms with Gasteiger partial charge >= 0.3 is 5.97 Å². The van der Waals surface area contributed by atoms with E-state index in [1.165, 1.54) is 29.3 Å². The molecule has 4 atom stereocenters. The van der Waals surface area contributed by atoms with Crippen LogP contribution in [-0.4, -0.2) is 35.2 Å². The monoisotopic (exact) mass is 364 g/mol. The molecule has 1 aromatic heterocycles. The molecule has 0 N–H and O–H groups in total. The van der Waals surface area contributed by atoms with Crippen molar-refractivity contribution in [3.63, 3.8) is 0 Å². The Morgan fingerprint density at radius 1 is 1.37 bits per heavy atom. The SMILES string of the molecule is CC[C@@]12C[C@@]3(C(=O)OC)O[C@@H]1C(C)=CN1CCc4c(n3c3ccccc43)[C@@H]12. The lowest BCUT2D eigenvalue weighted by atomic mass is 9.62. The summed E-state index contributed by atoms with van der Waals surface area (Å²) in [7, 11) is 1.47. The maximum absolute atomic E-state index is 13.2. The fraction of sp³-hybridized carbons (Fsp3) is 0.500. The molecule has 0 radical (unpaired) electrons. The Kier molecular flexibility index (Phi) is 2.78. The van der Waals surface area contributed by atoms with Gasteiger partial charge in [0.2, 0.25) is 5.72 Å². The van der Waals surface area contributed by atoms with Crippen molar-refractivity contribution in [2.45, 2.75) is 51.0 Å². The van der Waals surface area contributed by atoms with Crippen LogP contribution in [0.4, 0.5) is 0 Å². The molecular weight excluding hydrogens is 340 g/mol. The second-order valence-electron chi connectivity index (χ2n) is 8.52. The van der Waals surface area contributed by atoms with E-state index in [1.807, 2.05) is 6.07 Å². The topological polar surface area (TPSA) is 43.7 Å². The molecule has 0 unspecified atom stereocenters. The summed E-state index contributed by atoms with van der Waals surface area (Å²) in [6.07, 6.45) is 4.86. The predicted molar refractivity (Wildman–Crippen MR) is 101 cm³/mol. The van der Waals surface area contributed by atoms with E-state index < -0.39 is 5.72 Å². The Balaban J connectivity index is 1.79. The van der Waals surface area contributed by atoms with Crippen LogP contribution in [-0.2, 0) is 26.4 Å². The third-order valence-electron chi connectivity index (χ3n) is 7.49. The summed E-state index contributed by atoms with van der Waals surface area (Å²) in [5, 5.41) is 1.25. The number of fused-ring (bicyclic) bond motifs is 5. The van der Waals surface area contributed by atoms with E-state index in [0.717, 1.165) is 24.9 Å². The summed E-state index contributed by atoms with van der Waals surface area (Å²) in [6, 6.07) is 8.70. The van der Waals surface area contributed by atoms with Crippen molar-refractivity contribution in [1.82, 2.24) is 9.47 Å². The summed E-state index contributed by atoms with van der Waals surface area (Å²) in [5.74, 6) is -0.281. The van der Waals surface area contributed by atoms with Gasteiger partial charge in [0.1, 0.15) is 0 Å². The molecule has 0 saturated carbocycles. The maximum Gasteiger partial charge on any atom is 0.360 e. The standard InChI is InChI=1S/C22H24N2O3/c1-4-21-12-22(20(25)26-3)24-16-8-6-5-7-14(16)15-9-10-23(18(21)17(15)24)11-13(2)19(21)27-22/h5-8,11,18-19H,4,9-10,12H2,1-3H3/t18-,19-,21+,22+/m1/s1. The van der Waals surface area contributed by atoms with Crippen LogP contribution >= 0.6 is 0 Å². The summed E-state index contributed by atoms with van der Waals surface area (Å²) < 4.78 is 14.2. The van der Waals surface area contributed by atoms with Gasteiger partial charge in [0.05, 0.1) is 24.8 Å². The molecule has 1 aromatic carbocycles. The van der Waals surface area contributed by atoms with Crippen molar-refractivity contribution in [2.75, 3.05) is 13.7 Å². The van der Waals surface area contributed by atoms with E-state index in [2.05, 4.69) is 47.7 Å². The Bertz CT molecular complexity index is 1040. The summed E-state index contributed by atoms with van der Waals surface area (Å²) in [6.45, 7) is 5.41. The highest BCUT2D eigenvalue weighted by Crippen LogP contribution is 2.67. The second kappa shape index (κ2) is 4.76. The zero-order chi connectivity index (χ0) is 18.6. The lowest BCUT2D eigenvalue weighted by molar-refractivity contribution is -0.180. The van der Waals surface area contributed by atoms with Crippen LogP contribution in [0.25, 0.3) is 10.9 Å². The van der Waals surface area contributed by atoms with Gasteiger partial charge in [0, 0.05) is 35.7 Å². The number of benzene rings is 1. The molecule has 2 bridgehead atoms. The first-order valence-corrected chi connectivity index (χ1v) is 9.90. The van der Waals surface area contributed by atoms with E-state index in [9.17, 15) is 4.79 Å². The molecule has 0 aliphatic carbocycles. The Labute approximate surface area is 158 Å². The Morgan fingerprint density at radius 3 is 2.96 bits per heavy atom. The van der Waals surface area contributed by atoms with Crippen molar-refractivity contribution in [2.24, 2.45) is 5.41 Å². The predicted octanol–water partition coefficient (Wildman–Crippen LogP) is 3.48. The molecule has 4 aliphatic heterocycles. The average molecular weight is 364 g/mol. The lowest BCUT2D eigenvalue weighted by Crippen LogP contribution is -2.54. The van der Waals surface area contributed by atoms with Crippen LogP contribution in [0.15, 0.2) is 36.0 Å². The summed E-state index contributed by atoms with van der Waals surface area (Å²) >= 11 is 0. The highest BCUT2D eigenvalue weighted by Gasteiger charge is 2.71. The van der Waals surface area contributed by atoms with Crippen LogP contribution in [0, 0.1) is 5.41 Å². The summed E-state index contributed by atoms with van der Waals surface area (Å²) in [5.41, 5.74) is 3.80. The van der Waals surface area contributed by atoms with Gasteiger partial charge in [-0.2, -0.15) is 0 Å². The molecule has 1 saturated heterocycles. The first-order chi connectivity index (χ1) is 13.1. The van der Waals surface area contributed by atoms with Crippen molar-refractivity contribution >= 4 is 16.9 Å². The van der Waals surface area contributed by atoms with Crippen molar-refractivity contribution in [1.29, 1.82) is 0 Å². The molecule has 2 aromatic rings. The molecule has 5 heteroatoms. The number of hydrogen-bond donors (Lipinski definition) is 0. The van der Waals surface area contributed by atoms with Gasteiger partial charge in [0.15, 0.2) is 0 Å². The average Bonchev–Trinajstić information content (AvgIpc) is 3.20. The third-order valence-corrected chi connectivity index (χ3v) is 7.49. The first kappa shape index (κ1) is 15.8. The summed E-state index contributed by atoms with van der Waals surface area (Å²) in [4.78, 5) is 15.7. The number of carbonyl (C=O) groups is 1. The van der Waals surface area contributed by atoms with Gasteiger partial charge in [0.25, 0.3) is 0 Å². The van der Waals surface area contributed by atoms with Gasteiger partial charge in [-0.15, -0.1) is 0 Å². The lowest BCUT2D eigenvalue weighted by Gasteiger charge is -2.53. The number of para-hydroxylation sites is 1. The number of rotatable bonds is 2. The van der Waals surface area contributed by atoms with Crippen LogP contribution in [0.5, 0.6) is 0 Å². The molecular formula is C22H24N2O3. The highest BCUT2D eigenvalue weighted by molar-refractivity contribution is 5.90. The van der Waals surface area contributed by atoms with Gasteiger partial charge < -0.3 is 18.9 Å². The maximum atomic E-state index is 13.2. The zero-order valence-corrected chi connectivity index (χ0v) is 16.0. The highest BCUT2D eigenvalue weighted by atomic mass is 16.6. The normalized spacial score (nSPS) is 35.4. The van der Waals surface area contributed by atoms with Crippen molar-refractivity contribution in [3.8, 4) is 0 Å². The van der Waals surface area contributed by atoms with Gasteiger partial charge in [-0.3, -0.25) is 0 Å². The van der Waals surface area contributed by atoms with Crippen LogP contribution < -0.4 is 0 Å². The van der Waals surface area contributed by atoms with Gasteiger partial charge in [-0.05, 0) is 37.0 Å². The number of carbonyl (C=O) groups excluding carboxylic acids is 1.